The van der Waals surface area contributed by atoms with Gasteiger partial charge in [-0.25, -0.2) is 13.1 Å². The first-order valence-electron chi connectivity index (χ1n) is 5.25. The van der Waals surface area contributed by atoms with Crippen molar-refractivity contribution in [3.8, 4) is 0 Å². The highest BCUT2D eigenvalue weighted by Gasteiger charge is 2.19. The first-order chi connectivity index (χ1) is 8.31. The van der Waals surface area contributed by atoms with Gasteiger partial charge in [-0.05, 0) is 17.7 Å². The third kappa shape index (κ3) is 5.03. The summed E-state index contributed by atoms with van der Waals surface area (Å²) in [7, 11) is -1.90. The third-order valence-corrected chi connectivity index (χ3v) is 3.26. The van der Waals surface area contributed by atoms with E-state index in [4.69, 9.17) is 11.6 Å². The molecule has 1 amide bonds. The molecule has 100 valence electrons. The quantitative estimate of drug-likeness (QED) is 0.852. The van der Waals surface area contributed by atoms with E-state index in [0.29, 0.717) is 10.6 Å². The zero-order valence-corrected chi connectivity index (χ0v) is 11.7. The number of sulfonamides is 1. The van der Waals surface area contributed by atoms with Crippen LogP contribution in [-0.4, -0.2) is 27.6 Å². The normalized spacial score (nSPS) is 13.1. The molecule has 0 aliphatic carbocycles. The monoisotopic (exact) mass is 290 g/mol. The SMILES string of the molecule is CNC(=O)CC(NS(C)(=O)=O)c1ccc(Cl)cc1. The molecule has 2 N–H and O–H groups in total. The van der Waals surface area contributed by atoms with Gasteiger partial charge in [0.25, 0.3) is 0 Å². The lowest BCUT2D eigenvalue weighted by atomic mass is 10.0. The Balaban J connectivity index is 2.96. The van der Waals surface area contributed by atoms with Gasteiger partial charge >= 0.3 is 0 Å². The number of hydrogen-bond acceptors (Lipinski definition) is 3. The Morgan fingerprint density at radius 1 is 1.33 bits per heavy atom. The van der Waals surface area contributed by atoms with Crippen molar-refractivity contribution in [1.29, 1.82) is 0 Å². The first kappa shape index (κ1) is 14.9. The van der Waals surface area contributed by atoms with E-state index in [0.717, 1.165) is 6.26 Å². The largest absolute Gasteiger partial charge is 0.359 e. The molecule has 0 bridgehead atoms. The van der Waals surface area contributed by atoms with E-state index in [1.807, 2.05) is 0 Å². The fraction of sp³-hybridized carbons (Fsp3) is 0.364. The molecule has 18 heavy (non-hydrogen) atoms. The van der Waals surface area contributed by atoms with Crippen LogP contribution in [0.25, 0.3) is 0 Å². The molecule has 1 atom stereocenters. The molecule has 7 heteroatoms. The van der Waals surface area contributed by atoms with Crippen LogP contribution in [0.15, 0.2) is 24.3 Å². The zero-order valence-electron chi connectivity index (χ0n) is 10.1. The van der Waals surface area contributed by atoms with E-state index in [1.54, 1.807) is 24.3 Å². The van der Waals surface area contributed by atoms with E-state index < -0.39 is 16.1 Å². The van der Waals surface area contributed by atoms with Gasteiger partial charge in [0.05, 0.1) is 12.3 Å². The number of carbonyl (C=O) groups is 1. The van der Waals surface area contributed by atoms with Crippen LogP contribution in [0.5, 0.6) is 0 Å². The van der Waals surface area contributed by atoms with Crippen LogP contribution >= 0.6 is 11.6 Å². The summed E-state index contributed by atoms with van der Waals surface area (Å²) in [4.78, 5) is 11.4. The van der Waals surface area contributed by atoms with Gasteiger partial charge in [0.2, 0.25) is 15.9 Å². The molecule has 0 aliphatic heterocycles. The van der Waals surface area contributed by atoms with Crippen molar-refractivity contribution < 1.29 is 13.2 Å². The molecule has 1 rings (SSSR count). The smallest absolute Gasteiger partial charge is 0.221 e. The van der Waals surface area contributed by atoms with E-state index in [-0.39, 0.29) is 12.3 Å². The number of carbonyl (C=O) groups excluding carboxylic acids is 1. The van der Waals surface area contributed by atoms with Crippen molar-refractivity contribution in [3.05, 3.63) is 34.9 Å². The lowest BCUT2D eigenvalue weighted by molar-refractivity contribution is -0.121. The van der Waals surface area contributed by atoms with Gasteiger partial charge in [-0.15, -0.1) is 0 Å². The number of benzene rings is 1. The minimum atomic E-state index is -3.40. The number of hydrogen-bond donors (Lipinski definition) is 2. The van der Waals surface area contributed by atoms with E-state index in [2.05, 4.69) is 10.0 Å². The Hall–Kier alpha value is -1.11. The fourth-order valence-electron chi connectivity index (χ4n) is 1.47. The summed E-state index contributed by atoms with van der Waals surface area (Å²) in [5, 5.41) is 3.02. The zero-order chi connectivity index (χ0) is 13.8. The number of nitrogens with one attached hydrogen (secondary N) is 2. The molecule has 0 radical (unpaired) electrons. The highest BCUT2D eigenvalue weighted by molar-refractivity contribution is 7.88. The summed E-state index contributed by atoms with van der Waals surface area (Å²) in [6.45, 7) is 0. The lowest BCUT2D eigenvalue weighted by Crippen LogP contribution is -2.32. The van der Waals surface area contributed by atoms with Gasteiger partial charge < -0.3 is 5.32 Å². The summed E-state index contributed by atoms with van der Waals surface area (Å²) in [5.41, 5.74) is 0.688. The second-order valence-corrected chi connectivity index (χ2v) is 6.09. The van der Waals surface area contributed by atoms with E-state index >= 15 is 0 Å². The summed E-state index contributed by atoms with van der Waals surface area (Å²) < 4.78 is 25.0. The van der Waals surface area contributed by atoms with Gasteiger partial charge in [0, 0.05) is 18.5 Å². The minimum absolute atomic E-state index is 0.0329. The first-order valence-corrected chi connectivity index (χ1v) is 7.52. The Morgan fingerprint density at radius 2 is 1.89 bits per heavy atom. The van der Waals surface area contributed by atoms with E-state index in [9.17, 15) is 13.2 Å². The second-order valence-electron chi connectivity index (χ2n) is 3.87. The number of amides is 1. The maximum atomic E-state index is 11.4. The molecule has 1 unspecified atom stereocenters. The van der Waals surface area contributed by atoms with Crippen LogP contribution in [0.1, 0.15) is 18.0 Å². The molecule has 0 aliphatic rings. The molecule has 1 aromatic carbocycles. The van der Waals surface area contributed by atoms with Crippen LogP contribution in [0.2, 0.25) is 5.02 Å². The van der Waals surface area contributed by atoms with Gasteiger partial charge in [0.15, 0.2) is 0 Å². The Kier molecular flexibility index (Phi) is 5.13. The Bertz CT molecular complexity index is 514. The van der Waals surface area contributed by atoms with Crippen molar-refractivity contribution in [2.75, 3.05) is 13.3 Å². The maximum Gasteiger partial charge on any atom is 0.221 e. The molecular formula is C11H15ClN2O3S. The number of rotatable bonds is 5. The topological polar surface area (TPSA) is 75.3 Å². The molecule has 0 saturated carbocycles. The second kappa shape index (κ2) is 6.17. The van der Waals surface area contributed by atoms with Gasteiger partial charge in [0.1, 0.15) is 0 Å². The van der Waals surface area contributed by atoms with Crippen LogP contribution in [0, 0.1) is 0 Å². The highest BCUT2D eigenvalue weighted by atomic mass is 35.5. The molecule has 5 nitrogen and oxygen atoms in total. The minimum Gasteiger partial charge on any atom is -0.359 e. The van der Waals surface area contributed by atoms with Crippen LogP contribution in [0.3, 0.4) is 0 Å². The summed E-state index contributed by atoms with van der Waals surface area (Å²) in [6, 6.07) is 6.08. The summed E-state index contributed by atoms with van der Waals surface area (Å²) in [6.07, 6.45) is 1.09. The predicted octanol–water partition coefficient (Wildman–Crippen LogP) is 1.07. The van der Waals surface area contributed by atoms with Crippen LogP contribution in [-0.2, 0) is 14.8 Å². The average Bonchev–Trinajstić information content (AvgIpc) is 2.27. The lowest BCUT2D eigenvalue weighted by Gasteiger charge is -2.17. The molecular weight excluding hydrogens is 276 g/mol. The molecule has 1 aromatic rings. The van der Waals surface area contributed by atoms with Gasteiger partial charge in [-0.1, -0.05) is 23.7 Å². The van der Waals surface area contributed by atoms with E-state index in [1.165, 1.54) is 7.05 Å². The van der Waals surface area contributed by atoms with Gasteiger partial charge in [-0.2, -0.15) is 0 Å². The number of halogens is 1. The highest BCUT2D eigenvalue weighted by Crippen LogP contribution is 2.20. The molecule has 0 spiro atoms. The Morgan fingerprint density at radius 3 is 2.33 bits per heavy atom. The molecule has 0 aromatic heterocycles. The van der Waals surface area contributed by atoms with Crippen LogP contribution < -0.4 is 10.0 Å². The average molecular weight is 291 g/mol. The van der Waals surface area contributed by atoms with Crippen molar-refractivity contribution >= 4 is 27.5 Å². The Labute approximate surface area is 112 Å². The molecule has 0 fully saturated rings. The molecule has 0 heterocycles. The van der Waals surface area contributed by atoms with Crippen molar-refractivity contribution in [2.45, 2.75) is 12.5 Å². The summed E-state index contributed by atoms with van der Waals surface area (Å²) >= 11 is 5.76. The predicted molar refractivity (Wildman–Crippen MR) is 70.9 cm³/mol. The van der Waals surface area contributed by atoms with Crippen LogP contribution in [0.4, 0.5) is 0 Å². The third-order valence-electron chi connectivity index (χ3n) is 2.30. The summed E-state index contributed by atoms with van der Waals surface area (Å²) in [5.74, 6) is -0.244. The van der Waals surface area contributed by atoms with Crippen molar-refractivity contribution in [1.82, 2.24) is 10.0 Å². The maximum absolute atomic E-state index is 11.4. The molecule has 0 saturated heterocycles. The van der Waals surface area contributed by atoms with Crippen molar-refractivity contribution in [3.63, 3.8) is 0 Å². The fourth-order valence-corrected chi connectivity index (χ4v) is 2.33. The van der Waals surface area contributed by atoms with Crippen molar-refractivity contribution in [2.24, 2.45) is 0 Å². The van der Waals surface area contributed by atoms with Gasteiger partial charge in [-0.3, -0.25) is 4.79 Å². The standard InChI is InChI=1S/C11H15ClN2O3S/c1-13-11(15)7-10(14-18(2,16)17)8-3-5-9(12)6-4-8/h3-6,10,14H,7H2,1-2H3,(H,13,15).